The normalized spacial score (nSPS) is 15.7. The van der Waals surface area contributed by atoms with E-state index in [-0.39, 0.29) is 41.6 Å². The Hall–Kier alpha value is -3.39. The molecule has 3 rings (SSSR count). The summed E-state index contributed by atoms with van der Waals surface area (Å²) in [7, 11) is 1.78. The molecule has 0 atom stereocenters. The van der Waals surface area contributed by atoms with Crippen molar-refractivity contribution in [1.82, 2.24) is 9.36 Å². The summed E-state index contributed by atoms with van der Waals surface area (Å²) in [4.78, 5) is 17.4. The van der Waals surface area contributed by atoms with Crippen LogP contribution in [0.25, 0.3) is 5.69 Å². The van der Waals surface area contributed by atoms with Gasteiger partial charge in [0.05, 0.1) is 35.1 Å². The van der Waals surface area contributed by atoms with Gasteiger partial charge in [-0.05, 0) is 25.1 Å². The standard InChI is InChI=1S/C19H21N5O3/c1-12-18(19(26)24(23(12)2)13-6-4-3-5-7-13)22-16-11-17(27-9-8-25)15(21)10-14(16)20/h3-7,10-11,20,25H,8-9,21H2,1-2H3. The van der Waals surface area contributed by atoms with Crippen molar-refractivity contribution >= 4 is 17.1 Å². The maximum Gasteiger partial charge on any atom is 0.297 e. The third-order valence-electron chi connectivity index (χ3n) is 4.23. The summed E-state index contributed by atoms with van der Waals surface area (Å²) in [6.07, 6.45) is 2.92. The molecular weight excluding hydrogens is 346 g/mol. The Kier molecular flexibility index (Phi) is 5.09. The Bertz CT molecular complexity index is 1030. The first-order valence-corrected chi connectivity index (χ1v) is 8.38. The molecule has 0 amide bonds. The smallest absolute Gasteiger partial charge is 0.297 e. The van der Waals surface area contributed by atoms with E-state index in [1.165, 1.54) is 16.8 Å². The number of nitrogens with one attached hydrogen (secondary N) is 1. The molecule has 1 aliphatic carbocycles. The van der Waals surface area contributed by atoms with Crippen LogP contribution in [0.2, 0.25) is 0 Å². The van der Waals surface area contributed by atoms with Crippen LogP contribution in [0.15, 0.2) is 63.7 Å². The van der Waals surface area contributed by atoms with Crippen LogP contribution >= 0.6 is 0 Å². The van der Waals surface area contributed by atoms with Gasteiger partial charge in [0, 0.05) is 13.1 Å². The summed E-state index contributed by atoms with van der Waals surface area (Å²) in [5, 5.41) is 17.0. The first-order chi connectivity index (χ1) is 12.9. The third-order valence-corrected chi connectivity index (χ3v) is 4.23. The lowest BCUT2D eigenvalue weighted by molar-refractivity contribution is 0.149. The largest absolute Gasteiger partial charge is 0.489 e. The van der Waals surface area contributed by atoms with E-state index in [4.69, 9.17) is 21.0 Å². The molecule has 8 nitrogen and oxygen atoms in total. The van der Waals surface area contributed by atoms with Gasteiger partial charge in [-0.3, -0.25) is 14.9 Å². The number of aliphatic imine (C=N–C) groups is 1. The molecule has 1 heterocycles. The van der Waals surface area contributed by atoms with E-state index >= 15 is 0 Å². The van der Waals surface area contributed by atoms with Crippen molar-refractivity contribution in [1.29, 1.82) is 5.41 Å². The van der Waals surface area contributed by atoms with Crippen molar-refractivity contribution in [2.75, 3.05) is 13.2 Å². The predicted octanol–water partition coefficient (Wildman–Crippen LogP) is 1.33. The lowest BCUT2D eigenvalue weighted by Crippen LogP contribution is -2.21. The molecule has 0 fully saturated rings. The lowest BCUT2D eigenvalue weighted by Gasteiger charge is -2.15. The second kappa shape index (κ2) is 7.46. The van der Waals surface area contributed by atoms with E-state index in [2.05, 4.69) is 4.99 Å². The van der Waals surface area contributed by atoms with Gasteiger partial charge in [0.1, 0.15) is 12.4 Å². The van der Waals surface area contributed by atoms with E-state index in [0.717, 1.165) is 5.69 Å². The Morgan fingerprint density at radius 3 is 2.63 bits per heavy atom. The van der Waals surface area contributed by atoms with E-state index in [9.17, 15) is 4.79 Å². The molecule has 0 aliphatic heterocycles. The molecule has 0 saturated carbocycles. The van der Waals surface area contributed by atoms with Gasteiger partial charge in [-0.15, -0.1) is 0 Å². The summed E-state index contributed by atoms with van der Waals surface area (Å²) in [6, 6.07) is 9.26. The van der Waals surface area contributed by atoms with Crippen LogP contribution in [0.3, 0.4) is 0 Å². The number of para-hydroxylation sites is 1. The number of hydrogen-bond acceptors (Lipinski definition) is 6. The molecule has 0 saturated heterocycles. The van der Waals surface area contributed by atoms with Gasteiger partial charge in [0.15, 0.2) is 5.69 Å². The number of nitrogens with two attached hydrogens (primary N) is 1. The highest BCUT2D eigenvalue weighted by molar-refractivity contribution is 6.50. The van der Waals surface area contributed by atoms with Crippen molar-refractivity contribution in [3.05, 3.63) is 70.0 Å². The van der Waals surface area contributed by atoms with Crippen molar-refractivity contribution in [3.8, 4) is 5.69 Å². The summed E-state index contributed by atoms with van der Waals surface area (Å²) >= 11 is 0. The Morgan fingerprint density at radius 2 is 1.96 bits per heavy atom. The summed E-state index contributed by atoms with van der Waals surface area (Å²) in [5.41, 5.74) is 7.83. The third kappa shape index (κ3) is 3.47. The van der Waals surface area contributed by atoms with Crippen molar-refractivity contribution in [2.45, 2.75) is 6.92 Å². The zero-order valence-electron chi connectivity index (χ0n) is 15.1. The molecule has 0 unspecified atom stereocenters. The molecule has 1 aliphatic rings. The van der Waals surface area contributed by atoms with Crippen LogP contribution in [0.1, 0.15) is 5.69 Å². The number of aromatic nitrogens is 2. The average molecular weight is 367 g/mol. The van der Waals surface area contributed by atoms with Crippen LogP contribution in [0.4, 0.5) is 5.69 Å². The number of aliphatic hydroxyl groups excluding tert-OH is 1. The summed E-state index contributed by atoms with van der Waals surface area (Å²) < 4.78 is 8.62. The SMILES string of the molecule is Cc1c(N=C2C=C(OCCO)C(N)=CC2=N)c(=O)n(-c2ccccc2)n1C. The van der Waals surface area contributed by atoms with E-state index < -0.39 is 0 Å². The van der Waals surface area contributed by atoms with Crippen LogP contribution in [0.5, 0.6) is 0 Å². The number of hydrogen-bond donors (Lipinski definition) is 3. The first kappa shape index (κ1) is 18.4. The van der Waals surface area contributed by atoms with Gasteiger partial charge in [-0.1, -0.05) is 18.2 Å². The highest BCUT2D eigenvalue weighted by Crippen LogP contribution is 2.20. The number of ether oxygens (including phenoxy) is 1. The molecule has 0 radical (unpaired) electrons. The maximum atomic E-state index is 12.9. The zero-order chi connectivity index (χ0) is 19.6. The minimum atomic E-state index is -0.282. The van der Waals surface area contributed by atoms with Gasteiger partial charge >= 0.3 is 0 Å². The summed E-state index contributed by atoms with van der Waals surface area (Å²) in [5.74, 6) is 0.316. The fraction of sp³-hybridized carbons (Fsp3) is 0.211. The minimum absolute atomic E-state index is 0.0756. The molecule has 0 spiro atoms. The maximum absolute atomic E-state index is 12.9. The minimum Gasteiger partial charge on any atom is -0.489 e. The molecule has 2 aromatic rings. The van der Waals surface area contributed by atoms with Crippen molar-refractivity contribution in [3.63, 3.8) is 0 Å². The van der Waals surface area contributed by atoms with E-state index in [0.29, 0.717) is 11.5 Å². The number of rotatable bonds is 5. The van der Waals surface area contributed by atoms with Crippen LogP contribution < -0.4 is 11.3 Å². The molecule has 8 heteroatoms. The van der Waals surface area contributed by atoms with Crippen LogP contribution in [-0.4, -0.2) is 39.1 Å². The van der Waals surface area contributed by atoms with Gasteiger partial charge in [-0.25, -0.2) is 9.67 Å². The monoisotopic (exact) mass is 367 g/mol. The number of benzene rings is 1. The second-order valence-electron chi connectivity index (χ2n) is 6.00. The topological polar surface area (TPSA) is 119 Å². The van der Waals surface area contributed by atoms with Gasteiger partial charge in [0.2, 0.25) is 0 Å². The summed E-state index contributed by atoms with van der Waals surface area (Å²) in [6.45, 7) is 1.71. The quantitative estimate of drug-likeness (QED) is 0.691. The highest BCUT2D eigenvalue weighted by atomic mass is 16.5. The van der Waals surface area contributed by atoms with Crippen LogP contribution in [-0.2, 0) is 11.8 Å². The first-order valence-electron chi connectivity index (χ1n) is 8.38. The lowest BCUT2D eigenvalue weighted by atomic mass is 10.1. The highest BCUT2D eigenvalue weighted by Gasteiger charge is 2.20. The zero-order valence-corrected chi connectivity index (χ0v) is 15.1. The fourth-order valence-corrected chi connectivity index (χ4v) is 2.76. The molecule has 27 heavy (non-hydrogen) atoms. The Morgan fingerprint density at radius 1 is 1.26 bits per heavy atom. The van der Waals surface area contributed by atoms with Gasteiger partial charge < -0.3 is 15.6 Å². The average Bonchev–Trinajstić information content (AvgIpc) is 2.86. The van der Waals surface area contributed by atoms with Crippen LogP contribution in [0, 0.1) is 12.3 Å². The fourth-order valence-electron chi connectivity index (χ4n) is 2.76. The molecule has 140 valence electrons. The second-order valence-corrected chi connectivity index (χ2v) is 6.00. The molecular formula is C19H21N5O3. The predicted molar refractivity (Wildman–Crippen MR) is 104 cm³/mol. The molecule has 0 bridgehead atoms. The Balaban J connectivity index is 2.09. The number of nitrogens with zero attached hydrogens (tertiary/aromatic N) is 3. The number of allylic oxidation sites excluding steroid dienone is 2. The van der Waals surface area contributed by atoms with Crippen molar-refractivity contribution < 1.29 is 9.84 Å². The van der Waals surface area contributed by atoms with Gasteiger partial charge in [0.25, 0.3) is 5.56 Å². The van der Waals surface area contributed by atoms with E-state index in [1.54, 1.807) is 18.7 Å². The molecule has 4 N–H and O–H groups in total. The van der Waals surface area contributed by atoms with Gasteiger partial charge in [-0.2, -0.15) is 0 Å². The Labute approximate surface area is 156 Å². The van der Waals surface area contributed by atoms with E-state index in [1.807, 2.05) is 30.3 Å². The molecule has 1 aromatic carbocycles. The van der Waals surface area contributed by atoms with Crippen molar-refractivity contribution in [2.24, 2.45) is 17.8 Å². The number of aliphatic hydroxyl groups is 1. The molecule has 1 aromatic heterocycles.